The molecule has 2 heterocycles. The molecule has 0 amide bonds. The number of methoxy groups -OCH3 is 1. The Hall–Kier alpha value is -0.753. The molecular formula is C13H21NO3Si. The normalized spacial score (nSPS) is 32.1. The molecule has 0 radical (unpaired) electrons. The van der Waals surface area contributed by atoms with Crippen LogP contribution in [0.25, 0.3) is 0 Å². The van der Waals surface area contributed by atoms with Crippen LogP contribution < -0.4 is 0 Å². The summed E-state index contributed by atoms with van der Waals surface area (Å²) in [5, 5.41) is 0. The maximum atomic E-state index is 6.24. The summed E-state index contributed by atoms with van der Waals surface area (Å²) in [6.07, 6.45) is 3.56. The Morgan fingerprint density at radius 3 is 2.50 bits per heavy atom. The van der Waals surface area contributed by atoms with Crippen LogP contribution in [0.4, 0.5) is 0 Å². The number of pyridine rings is 1. The van der Waals surface area contributed by atoms with Crippen LogP contribution in [0.3, 0.4) is 0 Å². The van der Waals surface area contributed by atoms with Crippen LogP contribution in [0.15, 0.2) is 24.5 Å². The van der Waals surface area contributed by atoms with Gasteiger partial charge in [-0.1, -0.05) is 6.07 Å². The summed E-state index contributed by atoms with van der Waals surface area (Å²) in [7, 11) is -0.0526. The molecule has 1 aromatic rings. The molecule has 1 aliphatic heterocycles. The molecule has 0 N–H and O–H groups in total. The largest absolute Gasteiger partial charge is 0.387 e. The highest BCUT2D eigenvalue weighted by Crippen LogP contribution is 2.49. The standard InChI is InChI=1S/C13H21NO3Si/c1-12(11-7-6-8-14-9-11)13(15-2,10-16-12)17-18(3,4)5/h6-9H,10H2,1-5H3. The Bertz CT molecular complexity index is 416. The van der Waals surface area contributed by atoms with Gasteiger partial charge in [-0.25, -0.2) is 0 Å². The molecule has 2 atom stereocenters. The maximum absolute atomic E-state index is 6.24. The summed E-state index contributed by atoms with van der Waals surface area (Å²) in [5.41, 5.74) is 0.396. The second kappa shape index (κ2) is 4.42. The molecule has 18 heavy (non-hydrogen) atoms. The Morgan fingerprint density at radius 2 is 2.11 bits per heavy atom. The SMILES string of the molecule is COC1(O[Si](C)(C)C)COC1(C)c1cccnc1. The van der Waals surface area contributed by atoms with Crippen molar-refractivity contribution in [3.8, 4) is 0 Å². The number of aromatic nitrogens is 1. The van der Waals surface area contributed by atoms with E-state index in [4.69, 9.17) is 13.9 Å². The van der Waals surface area contributed by atoms with Gasteiger partial charge in [0.2, 0.25) is 5.79 Å². The van der Waals surface area contributed by atoms with E-state index in [1.807, 2.05) is 19.1 Å². The van der Waals surface area contributed by atoms with Crippen molar-refractivity contribution in [3.05, 3.63) is 30.1 Å². The van der Waals surface area contributed by atoms with Crippen LogP contribution in [-0.2, 0) is 19.5 Å². The second-order valence-corrected chi connectivity index (χ2v) is 10.2. The summed E-state index contributed by atoms with van der Waals surface area (Å²) in [6.45, 7) is 8.90. The molecule has 1 saturated heterocycles. The third-order valence-electron chi connectivity index (χ3n) is 3.29. The van der Waals surface area contributed by atoms with Gasteiger partial charge >= 0.3 is 0 Å². The molecule has 1 aliphatic rings. The number of nitrogens with zero attached hydrogens (tertiary/aromatic N) is 1. The van der Waals surface area contributed by atoms with Crippen molar-refractivity contribution in [2.45, 2.75) is 38.0 Å². The zero-order chi connectivity index (χ0) is 13.4. The van der Waals surface area contributed by atoms with E-state index >= 15 is 0 Å². The van der Waals surface area contributed by atoms with Crippen molar-refractivity contribution in [2.24, 2.45) is 0 Å². The minimum Gasteiger partial charge on any atom is -0.387 e. The van der Waals surface area contributed by atoms with Gasteiger partial charge in [-0.05, 0) is 32.6 Å². The van der Waals surface area contributed by atoms with Crippen LogP contribution >= 0.6 is 0 Å². The van der Waals surface area contributed by atoms with Gasteiger partial charge in [-0.15, -0.1) is 0 Å². The smallest absolute Gasteiger partial charge is 0.216 e. The third kappa shape index (κ3) is 2.12. The van der Waals surface area contributed by atoms with Gasteiger partial charge in [-0.2, -0.15) is 0 Å². The average Bonchev–Trinajstić information content (AvgIpc) is 2.33. The zero-order valence-electron chi connectivity index (χ0n) is 11.7. The van der Waals surface area contributed by atoms with Crippen molar-refractivity contribution in [3.63, 3.8) is 0 Å². The first kappa shape index (κ1) is 13.7. The molecule has 0 spiro atoms. The predicted molar refractivity (Wildman–Crippen MR) is 71.7 cm³/mol. The molecule has 1 fully saturated rings. The quantitative estimate of drug-likeness (QED) is 0.621. The monoisotopic (exact) mass is 267 g/mol. The second-order valence-electron chi connectivity index (χ2n) is 5.74. The van der Waals surface area contributed by atoms with E-state index in [2.05, 4.69) is 24.6 Å². The van der Waals surface area contributed by atoms with Crippen molar-refractivity contribution in [1.82, 2.24) is 4.98 Å². The molecule has 0 aromatic carbocycles. The molecule has 2 unspecified atom stereocenters. The minimum absolute atomic E-state index is 0.458. The lowest BCUT2D eigenvalue weighted by atomic mass is 9.83. The van der Waals surface area contributed by atoms with Crippen LogP contribution in [0.5, 0.6) is 0 Å². The van der Waals surface area contributed by atoms with Gasteiger partial charge in [-0.3, -0.25) is 4.98 Å². The van der Waals surface area contributed by atoms with Crippen LogP contribution in [0.1, 0.15) is 12.5 Å². The van der Waals surface area contributed by atoms with E-state index in [0.717, 1.165) is 5.56 Å². The number of ether oxygens (including phenoxy) is 2. The van der Waals surface area contributed by atoms with Gasteiger partial charge in [0.15, 0.2) is 8.32 Å². The summed E-state index contributed by atoms with van der Waals surface area (Å²) in [5.74, 6) is -0.694. The molecule has 4 nitrogen and oxygen atoms in total. The lowest BCUT2D eigenvalue weighted by molar-refractivity contribution is -0.396. The molecule has 2 rings (SSSR count). The fraction of sp³-hybridized carbons (Fsp3) is 0.615. The summed E-state index contributed by atoms with van der Waals surface area (Å²) in [6, 6.07) is 3.89. The number of rotatable bonds is 4. The van der Waals surface area contributed by atoms with E-state index in [0.29, 0.717) is 6.61 Å². The number of hydrogen-bond acceptors (Lipinski definition) is 4. The summed E-state index contributed by atoms with van der Waals surface area (Å²) < 4.78 is 17.7. The Balaban J connectivity index is 2.33. The van der Waals surface area contributed by atoms with Gasteiger partial charge in [0.05, 0.1) is 0 Å². The Kier molecular flexibility index (Phi) is 3.35. The molecule has 0 aliphatic carbocycles. The highest BCUT2D eigenvalue weighted by Gasteiger charge is 2.62. The highest BCUT2D eigenvalue weighted by atomic mass is 28.4. The number of hydrogen-bond donors (Lipinski definition) is 0. The highest BCUT2D eigenvalue weighted by molar-refractivity contribution is 6.69. The lowest BCUT2D eigenvalue weighted by Crippen LogP contribution is -2.69. The molecular weight excluding hydrogens is 246 g/mol. The van der Waals surface area contributed by atoms with E-state index in [9.17, 15) is 0 Å². The minimum atomic E-state index is -1.73. The molecule has 100 valence electrons. The Morgan fingerprint density at radius 1 is 1.39 bits per heavy atom. The predicted octanol–water partition coefficient (Wildman–Crippen LogP) is 2.52. The summed E-state index contributed by atoms with van der Waals surface area (Å²) >= 11 is 0. The fourth-order valence-corrected chi connectivity index (χ4v) is 3.60. The van der Waals surface area contributed by atoms with Crippen LogP contribution in [0, 0.1) is 0 Å². The van der Waals surface area contributed by atoms with E-state index < -0.39 is 19.7 Å². The van der Waals surface area contributed by atoms with Crippen molar-refractivity contribution < 1.29 is 13.9 Å². The van der Waals surface area contributed by atoms with Gasteiger partial charge in [0, 0.05) is 25.1 Å². The fourth-order valence-electron chi connectivity index (χ4n) is 2.27. The molecule has 5 heteroatoms. The van der Waals surface area contributed by atoms with Crippen molar-refractivity contribution in [2.75, 3.05) is 13.7 Å². The topological polar surface area (TPSA) is 40.6 Å². The van der Waals surface area contributed by atoms with E-state index in [1.54, 1.807) is 19.5 Å². The first-order valence-corrected chi connectivity index (χ1v) is 9.54. The first-order valence-electron chi connectivity index (χ1n) is 6.13. The van der Waals surface area contributed by atoms with Crippen LogP contribution in [0.2, 0.25) is 19.6 Å². The first-order chi connectivity index (χ1) is 8.33. The molecule has 1 aromatic heterocycles. The van der Waals surface area contributed by atoms with Crippen molar-refractivity contribution in [1.29, 1.82) is 0 Å². The molecule has 0 saturated carbocycles. The Labute approximate surface area is 109 Å². The zero-order valence-corrected chi connectivity index (χ0v) is 12.7. The third-order valence-corrected chi connectivity index (χ3v) is 4.23. The lowest BCUT2D eigenvalue weighted by Gasteiger charge is -2.57. The van der Waals surface area contributed by atoms with E-state index in [1.165, 1.54) is 0 Å². The van der Waals surface area contributed by atoms with Gasteiger partial charge < -0.3 is 13.9 Å². The molecule has 0 bridgehead atoms. The van der Waals surface area contributed by atoms with Crippen LogP contribution in [-0.4, -0.2) is 32.8 Å². The van der Waals surface area contributed by atoms with Gasteiger partial charge in [0.25, 0.3) is 0 Å². The summed E-state index contributed by atoms with van der Waals surface area (Å²) in [4.78, 5) is 4.15. The van der Waals surface area contributed by atoms with Gasteiger partial charge in [0.1, 0.15) is 12.2 Å². The average molecular weight is 267 g/mol. The van der Waals surface area contributed by atoms with Crippen molar-refractivity contribution >= 4 is 8.32 Å². The van der Waals surface area contributed by atoms with E-state index in [-0.39, 0.29) is 0 Å². The maximum Gasteiger partial charge on any atom is 0.216 e.